The Labute approximate surface area is 109 Å². The zero-order valence-corrected chi connectivity index (χ0v) is 10.9. The van der Waals surface area contributed by atoms with Gasteiger partial charge in [-0.15, -0.1) is 12.4 Å². The van der Waals surface area contributed by atoms with Gasteiger partial charge >= 0.3 is 0 Å². The Bertz CT molecular complexity index is 308. The van der Waals surface area contributed by atoms with Crippen molar-refractivity contribution in [3.63, 3.8) is 0 Å². The Balaban J connectivity index is 0.00000144. The Morgan fingerprint density at radius 1 is 1.29 bits per heavy atom. The van der Waals surface area contributed by atoms with Gasteiger partial charge in [-0.05, 0) is 37.6 Å². The van der Waals surface area contributed by atoms with Crippen LogP contribution in [0.3, 0.4) is 0 Å². The minimum Gasteiger partial charge on any atom is -0.492 e. The van der Waals surface area contributed by atoms with Crippen LogP contribution < -0.4 is 10.5 Å². The molecule has 1 aromatic rings. The third kappa shape index (κ3) is 4.54. The highest BCUT2D eigenvalue weighted by molar-refractivity contribution is 5.85. The highest BCUT2D eigenvalue weighted by atomic mass is 35.5. The molecule has 1 aliphatic heterocycles. The second-order valence-electron chi connectivity index (χ2n) is 4.35. The van der Waals surface area contributed by atoms with Crippen LogP contribution in [0.1, 0.15) is 6.42 Å². The molecule has 2 N–H and O–H groups in total. The lowest BCUT2D eigenvalue weighted by Gasteiger charge is -2.15. The molecule has 0 aromatic heterocycles. The minimum absolute atomic E-state index is 0. The van der Waals surface area contributed by atoms with E-state index in [2.05, 4.69) is 4.90 Å². The first-order valence-electron chi connectivity index (χ1n) is 5.99. The number of hydrogen-bond acceptors (Lipinski definition) is 3. The standard InChI is InChI=1S/C13H20N2O.ClH/c14-10-12-6-7-15(11-12)8-9-16-13-4-2-1-3-5-13;/h1-5,12H,6-11,14H2;1H. The van der Waals surface area contributed by atoms with Crippen molar-refractivity contribution in [2.75, 3.05) is 32.8 Å². The number of likely N-dealkylation sites (tertiary alicyclic amines) is 1. The lowest BCUT2D eigenvalue weighted by atomic mass is 10.1. The van der Waals surface area contributed by atoms with E-state index in [9.17, 15) is 0 Å². The average molecular weight is 257 g/mol. The molecule has 1 aliphatic rings. The van der Waals surface area contributed by atoms with Gasteiger partial charge in [0.05, 0.1) is 0 Å². The van der Waals surface area contributed by atoms with Crippen LogP contribution in [0.15, 0.2) is 30.3 Å². The van der Waals surface area contributed by atoms with Gasteiger partial charge in [-0.2, -0.15) is 0 Å². The molecule has 0 bridgehead atoms. The van der Waals surface area contributed by atoms with Crippen molar-refractivity contribution in [3.8, 4) is 5.75 Å². The molecule has 96 valence electrons. The number of hydrogen-bond donors (Lipinski definition) is 1. The molecule has 0 saturated carbocycles. The molecule has 1 atom stereocenters. The fourth-order valence-corrected chi connectivity index (χ4v) is 2.12. The lowest BCUT2D eigenvalue weighted by molar-refractivity contribution is 0.233. The Hall–Kier alpha value is -0.770. The molecule has 1 fully saturated rings. The highest BCUT2D eigenvalue weighted by Crippen LogP contribution is 2.14. The number of nitrogens with zero attached hydrogens (tertiary/aromatic N) is 1. The fourth-order valence-electron chi connectivity index (χ4n) is 2.12. The normalized spacial score (nSPS) is 19.9. The van der Waals surface area contributed by atoms with E-state index in [1.54, 1.807) is 0 Å². The molecule has 2 rings (SSSR count). The SMILES string of the molecule is Cl.NCC1CCN(CCOc2ccccc2)C1. The Morgan fingerprint density at radius 3 is 2.71 bits per heavy atom. The molecular weight excluding hydrogens is 236 g/mol. The lowest BCUT2D eigenvalue weighted by Crippen LogP contribution is -2.27. The molecule has 1 heterocycles. The summed E-state index contributed by atoms with van der Waals surface area (Å²) in [6, 6.07) is 9.98. The number of nitrogens with two attached hydrogens (primary N) is 1. The highest BCUT2D eigenvalue weighted by Gasteiger charge is 2.20. The maximum Gasteiger partial charge on any atom is 0.119 e. The zero-order chi connectivity index (χ0) is 11.2. The second-order valence-corrected chi connectivity index (χ2v) is 4.35. The van der Waals surface area contributed by atoms with Crippen LogP contribution in [-0.2, 0) is 0 Å². The summed E-state index contributed by atoms with van der Waals surface area (Å²) in [6.07, 6.45) is 1.24. The van der Waals surface area contributed by atoms with Gasteiger partial charge in [-0.25, -0.2) is 0 Å². The van der Waals surface area contributed by atoms with Crippen LogP contribution in [0.4, 0.5) is 0 Å². The largest absolute Gasteiger partial charge is 0.492 e. The Kier molecular flexibility index (Phi) is 6.34. The molecule has 0 aliphatic carbocycles. The molecule has 1 aromatic carbocycles. The molecule has 1 unspecified atom stereocenters. The van der Waals surface area contributed by atoms with Crippen molar-refractivity contribution in [1.82, 2.24) is 4.90 Å². The van der Waals surface area contributed by atoms with E-state index in [0.29, 0.717) is 5.92 Å². The van der Waals surface area contributed by atoms with E-state index in [1.807, 2.05) is 30.3 Å². The van der Waals surface area contributed by atoms with Crippen LogP contribution in [0.5, 0.6) is 5.75 Å². The topological polar surface area (TPSA) is 38.5 Å². The minimum atomic E-state index is 0. The maximum atomic E-state index is 5.66. The van der Waals surface area contributed by atoms with Gasteiger partial charge < -0.3 is 10.5 Å². The van der Waals surface area contributed by atoms with Gasteiger partial charge in [0.25, 0.3) is 0 Å². The van der Waals surface area contributed by atoms with Crippen LogP contribution in [0.2, 0.25) is 0 Å². The quantitative estimate of drug-likeness (QED) is 0.873. The number of benzene rings is 1. The van der Waals surface area contributed by atoms with Gasteiger partial charge in [-0.1, -0.05) is 18.2 Å². The smallest absolute Gasteiger partial charge is 0.119 e. The molecule has 4 heteroatoms. The van der Waals surface area contributed by atoms with Gasteiger partial charge in [0.2, 0.25) is 0 Å². The van der Waals surface area contributed by atoms with Crippen LogP contribution in [0, 0.1) is 5.92 Å². The number of ether oxygens (including phenoxy) is 1. The number of halogens is 1. The molecule has 0 amide bonds. The molecular formula is C13H21ClN2O. The van der Waals surface area contributed by atoms with E-state index >= 15 is 0 Å². The molecule has 0 spiro atoms. The monoisotopic (exact) mass is 256 g/mol. The summed E-state index contributed by atoms with van der Waals surface area (Å²) >= 11 is 0. The van der Waals surface area contributed by atoms with Crippen molar-refractivity contribution in [2.24, 2.45) is 11.7 Å². The third-order valence-electron chi connectivity index (χ3n) is 3.12. The van der Waals surface area contributed by atoms with Crippen LogP contribution in [-0.4, -0.2) is 37.7 Å². The predicted molar refractivity (Wildman–Crippen MR) is 72.8 cm³/mol. The van der Waals surface area contributed by atoms with Crippen molar-refractivity contribution in [2.45, 2.75) is 6.42 Å². The molecule has 0 radical (unpaired) electrons. The predicted octanol–water partition coefficient (Wildman–Crippen LogP) is 1.77. The third-order valence-corrected chi connectivity index (χ3v) is 3.12. The second kappa shape index (κ2) is 7.54. The van der Waals surface area contributed by atoms with E-state index in [-0.39, 0.29) is 12.4 Å². The number of rotatable bonds is 5. The molecule has 17 heavy (non-hydrogen) atoms. The summed E-state index contributed by atoms with van der Waals surface area (Å²) < 4.78 is 5.66. The van der Waals surface area contributed by atoms with Crippen LogP contribution >= 0.6 is 12.4 Å². The van der Waals surface area contributed by atoms with Gasteiger partial charge in [-0.3, -0.25) is 4.90 Å². The fraction of sp³-hybridized carbons (Fsp3) is 0.538. The van der Waals surface area contributed by atoms with E-state index in [4.69, 9.17) is 10.5 Å². The van der Waals surface area contributed by atoms with Crippen molar-refractivity contribution in [1.29, 1.82) is 0 Å². The first kappa shape index (κ1) is 14.3. The van der Waals surface area contributed by atoms with Gasteiger partial charge in [0, 0.05) is 13.1 Å². The van der Waals surface area contributed by atoms with E-state index in [0.717, 1.165) is 32.0 Å². The first-order valence-corrected chi connectivity index (χ1v) is 5.99. The maximum absolute atomic E-state index is 5.66. The Morgan fingerprint density at radius 2 is 2.06 bits per heavy atom. The van der Waals surface area contributed by atoms with Crippen LogP contribution in [0.25, 0.3) is 0 Å². The first-order chi connectivity index (χ1) is 7.88. The summed E-state index contributed by atoms with van der Waals surface area (Å²) in [5.41, 5.74) is 5.66. The van der Waals surface area contributed by atoms with Crippen molar-refractivity contribution >= 4 is 12.4 Å². The van der Waals surface area contributed by atoms with Crippen molar-refractivity contribution < 1.29 is 4.74 Å². The van der Waals surface area contributed by atoms with Gasteiger partial charge in [0.1, 0.15) is 12.4 Å². The average Bonchev–Trinajstić information content (AvgIpc) is 2.78. The summed E-state index contributed by atoms with van der Waals surface area (Å²) in [5.74, 6) is 1.65. The van der Waals surface area contributed by atoms with E-state index in [1.165, 1.54) is 13.0 Å². The van der Waals surface area contributed by atoms with Crippen molar-refractivity contribution in [3.05, 3.63) is 30.3 Å². The molecule has 1 saturated heterocycles. The summed E-state index contributed by atoms with van der Waals surface area (Å²) in [4.78, 5) is 2.43. The summed E-state index contributed by atoms with van der Waals surface area (Å²) in [7, 11) is 0. The van der Waals surface area contributed by atoms with Gasteiger partial charge in [0.15, 0.2) is 0 Å². The number of para-hydroxylation sites is 1. The summed E-state index contributed by atoms with van der Waals surface area (Å²) in [5, 5.41) is 0. The summed E-state index contributed by atoms with van der Waals surface area (Å²) in [6.45, 7) is 4.89. The zero-order valence-electron chi connectivity index (χ0n) is 10.0. The molecule has 3 nitrogen and oxygen atoms in total. The van der Waals surface area contributed by atoms with E-state index < -0.39 is 0 Å².